The number of methoxy groups -OCH3 is 1. The number of likely N-dealkylation sites (tertiary alicyclic amines) is 1. The number of likely N-dealkylation sites (N-methyl/N-ethyl adjacent to an activating group) is 1. The van der Waals surface area contributed by atoms with Gasteiger partial charge < -0.3 is 24.6 Å². The lowest BCUT2D eigenvalue weighted by molar-refractivity contribution is -0.152. The number of para-hydroxylation sites is 1. The molecule has 0 aliphatic carbocycles. The number of hydrogen-bond donors (Lipinski definition) is 1. The Bertz CT molecular complexity index is 865. The fourth-order valence-corrected chi connectivity index (χ4v) is 4.34. The second kappa shape index (κ2) is 13.8. The minimum atomic E-state index is -0.781. The number of ether oxygens (including phenoxy) is 2. The van der Waals surface area contributed by atoms with Crippen molar-refractivity contribution in [2.24, 2.45) is 5.92 Å². The summed E-state index contributed by atoms with van der Waals surface area (Å²) in [6, 6.07) is 6.02. The third-order valence-electron chi connectivity index (χ3n) is 5.71. The van der Waals surface area contributed by atoms with E-state index in [4.69, 9.17) is 9.47 Å². The minimum Gasteiger partial charge on any atom is -0.496 e. The number of carbonyl (C=O) groups excluding carboxylic acids is 4. The summed E-state index contributed by atoms with van der Waals surface area (Å²) in [6.07, 6.45) is 3.74. The zero-order valence-corrected chi connectivity index (χ0v) is 21.2. The Morgan fingerprint density at radius 1 is 1.26 bits per heavy atom. The fraction of sp³-hybridized carbons (Fsp3) is 0.583. The molecule has 2 unspecified atom stereocenters. The summed E-state index contributed by atoms with van der Waals surface area (Å²) in [7, 11) is 3.03. The summed E-state index contributed by atoms with van der Waals surface area (Å²) in [6.45, 7) is 2.76. The standard InChI is InChI=1S/C24H35N3O6S/c1-5-33-24(31)17-9-8-13-27(15-17)21(28)16-26(2)23(30)19(12-14-34-4)25-22(29)18-10-6-7-11-20(18)32-3/h6-7,10-11,17,19H,5,8-9,12-16H2,1-4H3,(H,25,29). The average Bonchev–Trinajstić information content (AvgIpc) is 2.85. The number of amides is 3. The largest absolute Gasteiger partial charge is 0.496 e. The number of esters is 1. The van der Waals surface area contributed by atoms with Crippen LogP contribution >= 0.6 is 11.8 Å². The summed E-state index contributed by atoms with van der Waals surface area (Å²) in [5.41, 5.74) is 0.337. The van der Waals surface area contributed by atoms with E-state index in [1.165, 1.54) is 12.0 Å². The van der Waals surface area contributed by atoms with Crippen LogP contribution in [0.2, 0.25) is 0 Å². The highest BCUT2D eigenvalue weighted by Gasteiger charge is 2.31. The Balaban J connectivity index is 2.03. The van der Waals surface area contributed by atoms with Gasteiger partial charge in [0.1, 0.15) is 11.8 Å². The molecule has 0 saturated carbocycles. The van der Waals surface area contributed by atoms with Crippen molar-refractivity contribution in [3.8, 4) is 5.75 Å². The first-order valence-corrected chi connectivity index (χ1v) is 12.8. The van der Waals surface area contributed by atoms with Crippen molar-refractivity contribution in [3.05, 3.63) is 29.8 Å². The highest BCUT2D eigenvalue weighted by atomic mass is 32.2. The molecule has 3 amide bonds. The topological polar surface area (TPSA) is 105 Å². The van der Waals surface area contributed by atoms with Crippen LogP contribution in [0, 0.1) is 5.92 Å². The molecule has 0 bridgehead atoms. The normalized spacial score (nSPS) is 16.4. The predicted molar refractivity (Wildman–Crippen MR) is 131 cm³/mol. The molecule has 0 spiro atoms. The molecule has 1 N–H and O–H groups in total. The second-order valence-corrected chi connectivity index (χ2v) is 9.12. The van der Waals surface area contributed by atoms with Crippen molar-refractivity contribution in [2.75, 3.05) is 52.4 Å². The van der Waals surface area contributed by atoms with Gasteiger partial charge in [0.2, 0.25) is 11.8 Å². The Morgan fingerprint density at radius 2 is 2.00 bits per heavy atom. The first kappa shape index (κ1) is 27.5. The number of nitrogens with zero attached hydrogens (tertiary/aromatic N) is 2. The number of benzene rings is 1. The lowest BCUT2D eigenvalue weighted by Gasteiger charge is -2.33. The van der Waals surface area contributed by atoms with Gasteiger partial charge in [0.25, 0.3) is 5.91 Å². The molecule has 0 aromatic heterocycles. The van der Waals surface area contributed by atoms with Crippen LogP contribution in [-0.4, -0.2) is 91.9 Å². The molecule has 1 aliphatic rings. The van der Waals surface area contributed by atoms with Gasteiger partial charge in [-0.05, 0) is 50.3 Å². The van der Waals surface area contributed by atoms with Crippen LogP contribution in [-0.2, 0) is 19.1 Å². The number of hydrogen-bond acceptors (Lipinski definition) is 7. The Hall–Kier alpha value is -2.75. The molecule has 1 saturated heterocycles. The van der Waals surface area contributed by atoms with E-state index < -0.39 is 11.9 Å². The molecule has 2 rings (SSSR count). The highest BCUT2D eigenvalue weighted by molar-refractivity contribution is 7.98. The molecule has 2 atom stereocenters. The molecule has 34 heavy (non-hydrogen) atoms. The molecule has 1 heterocycles. The Morgan fingerprint density at radius 3 is 2.68 bits per heavy atom. The number of thioether (sulfide) groups is 1. The summed E-state index contributed by atoms with van der Waals surface area (Å²) < 4.78 is 10.3. The van der Waals surface area contributed by atoms with E-state index in [1.807, 2.05) is 6.26 Å². The molecule has 1 aromatic carbocycles. The molecular formula is C24H35N3O6S. The SMILES string of the molecule is CCOC(=O)C1CCCN(C(=O)CN(C)C(=O)C(CCSC)NC(=O)c2ccccc2OC)C1. The van der Waals surface area contributed by atoms with E-state index in [9.17, 15) is 19.2 Å². The van der Waals surface area contributed by atoms with Gasteiger partial charge in [0.15, 0.2) is 0 Å². The molecule has 0 radical (unpaired) electrons. The lowest BCUT2D eigenvalue weighted by atomic mass is 9.98. The van der Waals surface area contributed by atoms with E-state index in [-0.39, 0.29) is 30.2 Å². The number of carbonyl (C=O) groups is 4. The van der Waals surface area contributed by atoms with E-state index in [0.29, 0.717) is 56.0 Å². The van der Waals surface area contributed by atoms with Crippen LogP contribution in [0.15, 0.2) is 24.3 Å². The van der Waals surface area contributed by atoms with Crippen molar-refractivity contribution in [1.29, 1.82) is 0 Å². The average molecular weight is 494 g/mol. The molecular weight excluding hydrogens is 458 g/mol. The predicted octanol–water partition coefficient (Wildman–Crippen LogP) is 1.81. The summed E-state index contributed by atoms with van der Waals surface area (Å²) in [5.74, 6) is -0.536. The smallest absolute Gasteiger partial charge is 0.310 e. The summed E-state index contributed by atoms with van der Waals surface area (Å²) >= 11 is 1.57. The maximum atomic E-state index is 13.2. The molecule has 1 aromatic rings. The molecule has 10 heteroatoms. The van der Waals surface area contributed by atoms with Gasteiger partial charge in [-0.3, -0.25) is 19.2 Å². The van der Waals surface area contributed by atoms with Crippen LogP contribution in [0.25, 0.3) is 0 Å². The zero-order chi connectivity index (χ0) is 25.1. The molecule has 1 aliphatic heterocycles. The quantitative estimate of drug-likeness (QED) is 0.469. The zero-order valence-electron chi connectivity index (χ0n) is 20.4. The maximum absolute atomic E-state index is 13.2. The number of rotatable bonds is 11. The lowest BCUT2D eigenvalue weighted by Crippen LogP contribution is -2.51. The third kappa shape index (κ3) is 7.65. The van der Waals surface area contributed by atoms with Gasteiger partial charge in [-0.25, -0.2) is 0 Å². The van der Waals surface area contributed by atoms with Crippen molar-refractivity contribution >= 4 is 35.5 Å². The van der Waals surface area contributed by atoms with Gasteiger partial charge in [-0.2, -0.15) is 11.8 Å². The van der Waals surface area contributed by atoms with Crippen LogP contribution < -0.4 is 10.1 Å². The van der Waals surface area contributed by atoms with Gasteiger partial charge in [0, 0.05) is 20.1 Å². The maximum Gasteiger partial charge on any atom is 0.310 e. The first-order chi connectivity index (χ1) is 16.3. The van der Waals surface area contributed by atoms with Crippen molar-refractivity contribution in [3.63, 3.8) is 0 Å². The molecule has 9 nitrogen and oxygen atoms in total. The van der Waals surface area contributed by atoms with Gasteiger partial charge >= 0.3 is 5.97 Å². The van der Waals surface area contributed by atoms with E-state index in [2.05, 4.69) is 5.32 Å². The Labute approximate surface area is 205 Å². The fourth-order valence-electron chi connectivity index (χ4n) is 3.86. The van der Waals surface area contributed by atoms with Crippen LogP contribution in [0.4, 0.5) is 0 Å². The Kier molecular flexibility index (Phi) is 11.2. The second-order valence-electron chi connectivity index (χ2n) is 8.13. The van der Waals surface area contributed by atoms with E-state index in [1.54, 1.807) is 54.9 Å². The van der Waals surface area contributed by atoms with E-state index >= 15 is 0 Å². The van der Waals surface area contributed by atoms with Crippen LogP contribution in [0.1, 0.15) is 36.5 Å². The van der Waals surface area contributed by atoms with Gasteiger partial charge in [-0.15, -0.1) is 0 Å². The van der Waals surface area contributed by atoms with Crippen molar-refractivity contribution in [2.45, 2.75) is 32.2 Å². The first-order valence-electron chi connectivity index (χ1n) is 11.4. The summed E-state index contributed by atoms with van der Waals surface area (Å²) in [5, 5.41) is 2.80. The van der Waals surface area contributed by atoms with Crippen LogP contribution in [0.5, 0.6) is 5.75 Å². The van der Waals surface area contributed by atoms with Crippen molar-refractivity contribution in [1.82, 2.24) is 15.1 Å². The third-order valence-corrected chi connectivity index (χ3v) is 6.35. The van der Waals surface area contributed by atoms with Crippen LogP contribution in [0.3, 0.4) is 0 Å². The van der Waals surface area contributed by atoms with E-state index in [0.717, 1.165) is 0 Å². The monoisotopic (exact) mass is 493 g/mol. The molecule has 188 valence electrons. The molecule has 1 fully saturated rings. The van der Waals surface area contributed by atoms with Gasteiger partial charge in [0.05, 0.1) is 31.7 Å². The summed E-state index contributed by atoms with van der Waals surface area (Å²) in [4.78, 5) is 53.9. The van der Waals surface area contributed by atoms with Crippen molar-refractivity contribution < 1.29 is 28.7 Å². The number of piperidine rings is 1. The highest BCUT2D eigenvalue weighted by Crippen LogP contribution is 2.19. The van der Waals surface area contributed by atoms with Gasteiger partial charge in [-0.1, -0.05) is 12.1 Å². The number of nitrogens with one attached hydrogen (secondary N) is 1. The minimum absolute atomic E-state index is 0.130.